The van der Waals surface area contributed by atoms with E-state index in [0.717, 1.165) is 12.8 Å². The minimum absolute atomic E-state index is 1.05. The van der Waals surface area contributed by atoms with Crippen LogP contribution in [0.1, 0.15) is 16.7 Å². The normalized spacial score (nSPS) is 13.4. The van der Waals surface area contributed by atoms with Crippen LogP contribution >= 0.6 is 0 Å². The molecule has 1 aliphatic rings. The molecule has 3 aromatic rings. The molecule has 0 bridgehead atoms. The predicted molar refractivity (Wildman–Crippen MR) is 90.7 cm³/mol. The van der Waals surface area contributed by atoms with Gasteiger partial charge in [0.2, 0.25) is 0 Å². The van der Waals surface area contributed by atoms with Crippen molar-refractivity contribution < 1.29 is 0 Å². The van der Waals surface area contributed by atoms with E-state index in [2.05, 4.69) is 73.7 Å². The van der Waals surface area contributed by atoms with Crippen LogP contribution in [0.15, 0.2) is 66.7 Å². The number of allylic oxidation sites excluding steroid dienone is 2. The van der Waals surface area contributed by atoms with Gasteiger partial charge in [0.1, 0.15) is 0 Å². The van der Waals surface area contributed by atoms with E-state index in [4.69, 9.17) is 0 Å². The van der Waals surface area contributed by atoms with Crippen molar-refractivity contribution in [2.75, 3.05) is 0 Å². The molecule has 0 aliphatic heterocycles. The highest BCUT2D eigenvalue weighted by atomic mass is 14.2. The van der Waals surface area contributed by atoms with Gasteiger partial charge in [-0.15, -0.1) is 0 Å². The maximum atomic E-state index is 2.32. The zero-order valence-electron chi connectivity index (χ0n) is 12.3. The highest BCUT2D eigenvalue weighted by molar-refractivity contribution is 5.88. The Labute approximate surface area is 125 Å². The lowest BCUT2D eigenvalue weighted by molar-refractivity contribution is 1.10. The smallest absolute Gasteiger partial charge is 0.00883 e. The van der Waals surface area contributed by atoms with Gasteiger partial charge in [0.15, 0.2) is 0 Å². The van der Waals surface area contributed by atoms with Gasteiger partial charge in [-0.1, -0.05) is 66.2 Å². The van der Waals surface area contributed by atoms with Gasteiger partial charge in [0.05, 0.1) is 0 Å². The van der Waals surface area contributed by atoms with Crippen LogP contribution in [-0.2, 0) is 12.8 Å². The zero-order chi connectivity index (χ0) is 14.2. The summed E-state index contributed by atoms with van der Waals surface area (Å²) in [6, 6.07) is 20.2. The van der Waals surface area contributed by atoms with E-state index in [0.29, 0.717) is 0 Å². The molecule has 0 aromatic heterocycles. The Morgan fingerprint density at radius 3 is 2.52 bits per heavy atom. The molecule has 21 heavy (non-hydrogen) atoms. The molecule has 0 heterocycles. The van der Waals surface area contributed by atoms with Gasteiger partial charge in [-0.3, -0.25) is 0 Å². The van der Waals surface area contributed by atoms with Crippen LogP contribution in [0.5, 0.6) is 0 Å². The highest BCUT2D eigenvalue weighted by Gasteiger charge is 2.11. The fourth-order valence-corrected chi connectivity index (χ4v) is 3.28. The fourth-order valence-electron chi connectivity index (χ4n) is 3.28. The summed E-state index contributed by atoms with van der Waals surface area (Å²) in [5.41, 5.74) is 7.00. The minimum Gasteiger partial charge on any atom is -0.0838 e. The van der Waals surface area contributed by atoms with Crippen molar-refractivity contribution in [3.05, 3.63) is 83.4 Å². The minimum atomic E-state index is 1.05. The summed E-state index contributed by atoms with van der Waals surface area (Å²) >= 11 is 0. The van der Waals surface area contributed by atoms with Gasteiger partial charge in [-0.2, -0.15) is 0 Å². The molecular formula is C21H18. The lowest BCUT2D eigenvalue weighted by Crippen LogP contribution is -1.99. The standard InChI is InChI=1S/C21H18/c1-15-9-10-18-14-19(12-11-17(18)13-15)21-8-4-6-16-5-2-3-7-20(16)21/h2-4,6,8-14H,5,7H2,1H3. The van der Waals surface area contributed by atoms with E-state index in [9.17, 15) is 0 Å². The van der Waals surface area contributed by atoms with Gasteiger partial charge < -0.3 is 0 Å². The second-order valence-electron chi connectivity index (χ2n) is 5.89. The molecule has 4 rings (SSSR count). The van der Waals surface area contributed by atoms with Crippen molar-refractivity contribution in [1.82, 2.24) is 0 Å². The van der Waals surface area contributed by atoms with E-state index in [1.54, 1.807) is 0 Å². The molecule has 1 aliphatic carbocycles. The molecular weight excluding hydrogens is 252 g/mol. The van der Waals surface area contributed by atoms with Crippen molar-refractivity contribution in [3.8, 4) is 11.1 Å². The van der Waals surface area contributed by atoms with Crippen molar-refractivity contribution in [2.24, 2.45) is 0 Å². The summed E-state index contributed by atoms with van der Waals surface area (Å²) in [5, 5.41) is 2.64. The summed E-state index contributed by atoms with van der Waals surface area (Å²) in [7, 11) is 0. The second kappa shape index (κ2) is 4.89. The van der Waals surface area contributed by atoms with Crippen molar-refractivity contribution in [3.63, 3.8) is 0 Å². The van der Waals surface area contributed by atoms with Crippen molar-refractivity contribution in [2.45, 2.75) is 19.8 Å². The summed E-state index contributed by atoms with van der Waals surface area (Å²) < 4.78 is 0. The number of benzene rings is 3. The fraction of sp³-hybridized carbons (Fsp3) is 0.143. The Kier molecular flexibility index (Phi) is 2.89. The Hall–Kier alpha value is -2.34. The van der Waals surface area contributed by atoms with Crippen LogP contribution in [0.25, 0.3) is 21.9 Å². The van der Waals surface area contributed by atoms with E-state index < -0.39 is 0 Å². The third-order valence-electron chi connectivity index (χ3n) is 4.41. The van der Waals surface area contributed by atoms with Gasteiger partial charge >= 0.3 is 0 Å². The number of hydrogen-bond donors (Lipinski definition) is 0. The summed E-state index contributed by atoms with van der Waals surface area (Å²) in [4.78, 5) is 0. The summed E-state index contributed by atoms with van der Waals surface area (Å²) in [5.74, 6) is 0. The number of rotatable bonds is 1. The molecule has 0 unspecified atom stereocenters. The molecule has 0 saturated carbocycles. The second-order valence-corrected chi connectivity index (χ2v) is 5.89. The molecule has 3 aromatic carbocycles. The first-order valence-corrected chi connectivity index (χ1v) is 7.58. The third-order valence-corrected chi connectivity index (χ3v) is 4.41. The van der Waals surface area contributed by atoms with E-state index in [1.165, 1.54) is 38.6 Å². The van der Waals surface area contributed by atoms with Gasteiger partial charge in [0.25, 0.3) is 0 Å². The lowest BCUT2D eigenvalue weighted by atomic mass is 9.88. The highest BCUT2D eigenvalue weighted by Crippen LogP contribution is 2.31. The van der Waals surface area contributed by atoms with Gasteiger partial charge in [0, 0.05) is 0 Å². The molecule has 0 N–H and O–H groups in total. The van der Waals surface area contributed by atoms with Gasteiger partial charge in [-0.05, 0) is 58.9 Å². The van der Waals surface area contributed by atoms with Gasteiger partial charge in [-0.25, -0.2) is 0 Å². The van der Waals surface area contributed by atoms with Crippen LogP contribution in [0.2, 0.25) is 0 Å². The SMILES string of the molecule is Cc1ccc2cc(-c3cccc4c3CC=CC4)ccc2c1. The Bertz CT molecular complexity index is 853. The molecule has 0 fully saturated rings. The molecule has 102 valence electrons. The predicted octanol–water partition coefficient (Wildman–Crippen LogP) is 5.47. The quantitative estimate of drug-likeness (QED) is 0.514. The maximum Gasteiger partial charge on any atom is -0.00883 e. The van der Waals surface area contributed by atoms with Crippen molar-refractivity contribution >= 4 is 10.8 Å². The first-order chi connectivity index (χ1) is 10.3. The molecule has 0 heteroatoms. The number of fused-ring (bicyclic) bond motifs is 2. The molecule has 0 spiro atoms. The van der Waals surface area contributed by atoms with E-state index in [-0.39, 0.29) is 0 Å². The van der Waals surface area contributed by atoms with Crippen molar-refractivity contribution in [1.29, 1.82) is 0 Å². The topological polar surface area (TPSA) is 0 Å². The summed E-state index contributed by atoms with van der Waals surface area (Å²) in [6.07, 6.45) is 6.68. The maximum absolute atomic E-state index is 2.32. The monoisotopic (exact) mass is 270 g/mol. The van der Waals surface area contributed by atoms with E-state index >= 15 is 0 Å². The molecule has 0 atom stereocenters. The molecule has 0 saturated heterocycles. The van der Waals surface area contributed by atoms with E-state index in [1.807, 2.05) is 0 Å². The molecule has 0 amide bonds. The van der Waals surface area contributed by atoms with Crippen LogP contribution in [-0.4, -0.2) is 0 Å². The third kappa shape index (κ3) is 2.17. The average molecular weight is 270 g/mol. The first-order valence-electron chi connectivity index (χ1n) is 7.58. The van der Waals surface area contributed by atoms with Crippen LogP contribution in [0.4, 0.5) is 0 Å². The largest absolute Gasteiger partial charge is 0.0838 e. The number of aryl methyl sites for hydroxylation is 1. The number of hydrogen-bond acceptors (Lipinski definition) is 0. The Morgan fingerprint density at radius 2 is 1.57 bits per heavy atom. The zero-order valence-corrected chi connectivity index (χ0v) is 12.3. The lowest BCUT2D eigenvalue weighted by Gasteiger charge is -2.16. The van der Waals surface area contributed by atoms with Crippen LogP contribution in [0.3, 0.4) is 0 Å². The summed E-state index contributed by atoms with van der Waals surface area (Å²) in [6.45, 7) is 2.15. The first kappa shape index (κ1) is 12.4. The molecule has 0 radical (unpaired) electrons. The Morgan fingerprint density at radius 1 is 0.762 bits per heavy atom. The Balaban J connectivity index is 1.89. The molecule has 0 nitrogen and oxygen atoms in total. The van der Waals surface area contributed by atoms with Crippen LogP contribution in [0, 0.1) is 6.92 Å². The van der Waals surface area contributed by atoms with Crippen LogP contribution < -0.4 is 0 Å². The average Bonchev–Trinajstić information content (AvgIpc) is 2.54.